The Morgan fingerprint density at radius 2 is 1.92 bits per heavy atom. The van der Waals surface area contributed by atoms with Crippen LogP contribution >= 0.6 is 11.3 Å². The lowest BCUT2D eigenvalue weighted by Gasteiger charge is -2.33. The molecule has 132 valence electrons. The molecule has 1 heterocycles. The van der Waals surface area contributed by atoms with Crippen molar-refractivity contribution in [1.29, 1.82) is 0 Å². The molecule has 0 bridgehead atoms. The molecule has 2 aromatic rings. The summed E-state index contributed by atoms with van der Waals surface area (Å²) in [7, 11) is -1.82. The molecule has 0 spiro atoms. The fourth-order valence-electron chi connectivity index (χ4n) is 4.18. The molecule has 0 radical (unpaired) electrons. The Morgan fingerprint density at radius 1 is 1.20 bits per heavy atom. The van der Waals surface area contributed by atoms with Crippen molar-refractivity contribution in [2.24, 2.45) is 0 Å². The van der Waals surface area contributed by atoms with Gasteiger partial charge in [-0.05, 0) is 55.6 Å². The number of rotatable bonds is 5. The number of aryl methyl sites for hydroxylation is 2. The smallest absolute Gasteiger partial charge is 0.121 e. The molecular weight excluding hydrogens is 340 g/mol. The van der Waals surface area contributed by atoms with E-state index in [4.69, 9.17) is 4.74 Å². The summed E-state index contributed by atoms with van der Waals surface area (Å²) < 4.78 is 6.12. The van der Waals surface area contributed by atoms with Crippen molar-refractivity contribution in [1.82, 2.24) is 0 Å². The third kappa shape index (κ3) is 2.94. The number of para-hydroxylation sites is 1. The Bertz CT molecular complexity index is 857. The number of ether oxygens (including phenoxy) is 1. The summed E-state index contributed by atoms with van der Waals surface area (Å²) in [5.74, 6) is 1.08. The van der Waals surface area contributed by atoms with E-state index in [0.717, 1.165) is 5.75 Å². The Kier molecular flexibility index (Phi) is 4.82. The van der Waals surface area contributed by atoms with Gasteiger partial charge in [0, 0.05) is 15.3 Å². The molecule has 0 saturated heterocycles. The third-order valence-electron chi connectivity index (χ3n) is 5.55. The van der Waals surface area contributed by atoms with Crippen molar-refractivity contribution in [2.75, 3.05) is 6.61 Å². The maximum Gasteiger partial charge on any atom is 0.121 e. The largest absolute Gasteiger partial charge is 0.489 e. The lowest BCUT2D eigenvalue weighted by atomic mass is 10.1. The zero-order valence-corrected chi connectivity index (χ0v) is 18.0. The molecule has 1 aromatic carbocycles. The fraction of sp³-hybridized carbons (Fsp3) is 0.364. The number of thiophene rings is 1. The summed E-state index contributed by atoms with van der Waals surface area (Å²) in [6.45, 7) is 18.3. The predicted molar refractivity (Wildman–Crippen MR) is 114 cm³/mol. The van der Waals surface area contributed by atoms with Gasteiger partial charge < -0.3 is 4.74 Å². The summed E-state index contributed by atoms with van der Waals surface area (Å²) in [5, 5.41) is 1.42. The lowest BCUT2D eigenvalue weighted by Crippen LogP contribution is -2.48. The van der Waals surface area contributed by atoms with Crippen LogP contribution < -0.4 is 9.92 Å². The highest BCUT2D eigenvalue weighted by Crippen LogP contribution is 2.50. The van der Waals surface area contributed by atoms with E-state index >= 15 is 0 Å². The molecule has 1 aromatic heterocycles. The van der Waals surface area contributed by atoms with E-state index in [-0.39, 0.29) is 0 Å². The molecule has 1 aliphatic rings. The highest BCUT2D eigenvalue weighted by Gasteiger charge is 2.43. The molecule has 0 amide bonds. The lowest BCUT2D eigenvalue weighted by molar-refractivity contribution is 0.363. The van der Waals surface area contributed by atoms with Crippen LogP contribution in [0.4, 0.5) is 0 Å². The summed E-state index contributed by atoms with van der Waals surface area (Å²) in [5.41, 5.74) is 6.26. The molecule has 1 aliphatic carbocycles. The van der Waals surface area contributed by atoms with Crippen LogP contribution in [0.3, 0.4) is 0 Å². The molecule has 0 fully saturated rings. The average Bonchev–Trinajstić information content (AvgIpc) is 3.03. The van der Waals surface area contributed by atoms with E-state index in [1.807, 2.05) is 17.4 Å². The van der Waals surface area contributed by atoms with Gasteiger partial charge >= 0.3 is 0 Å². The Balaban J connectivity index is 2.15. The van der Waals surface area contributed by atoms with Gasteiger partial charge in [0.05, 0.1) is 8.07 Å². The minimum atomic E-state index is -1.82. The zero-order chi connectivity index (χ0) is 18.4. The van der Waals surface area contributed by atoms with Gasteiger partial charge in [-0.25, -0.2) is 0 Å². The van der Waals surface area contributed by atoms with Crippen molar-refractivity contribution in [2.45, 2.75) is 46.3 Å². The van der Waals surface area contributed by atoms with Crippen molar-refractivity contribution in [3.63, 3.8) is 0 Å². The second-order valence-electron chi connectivity index (χ2n) is 7.65. The maximum atomic E-state index is 6.12. The van der Waals surface area contributed by atoms with E-state index < -0.39 is 8.07 Å². The van der Waals surface area contributed by atoms with Gasteiger partial charge in [0.15, 0.2) is 0 Å². The summed E-state index contributed by atoms with van der Waals surface area (Å²) in [6, 6.07) is 8.99. The maximum absolute atomic E-state index is 6.12. The first-order valence-electron chi connectivity index (χ1n) is 8.90. The van der Waals surface area contributed by atoms with E-state index in [9.17, 15) is 0 Å². The molecule has 0 aliphatic heterocycles. The van der Waals surface area contributed by atoms with Gasteiger partial charge in [-0.2, -0.15) is 0 Å². The second kappa shape index (κ2) is 6.62. The first-order chi connectivity index (χ1) is 11.8. The molecule has 1 atom stereocenters. The van der Waals surface area contributed by atoms with E-state index in [1.165, 1.54) is 26.8 Å². The van der Waals surface area contributed by atoms with Crippen LogP contribution in [0.5, 0.6) is 5.75 Å². The highest BCUT2D eigenvalue weighted by atomic mass is 32.1. The van der Waals surface area contributed by atoms with E-state index in [2.05, 4.69) is 71.6 Å². The van der Waals surface area contributed by atoms with Crippen molar-refractivity contribution in [3.05, 3.63) is 63.4 Å². The molecular formula is C22H28OSSi. The normalized spacial score (nSPS) is 17.0. The van der Waals surface area contributed by atoms with Gasteiger partial charge in [-0.15, -0.1) is 11.3 Å². The van der Waals surface area contributed by atoms with Crippen LogP contribution in [-0.2, 0) is 0 Å². The molecule has 25 heavy (non-hydrogen) atoms. The third-order valence-corrected chi connectivity index (χ3v) is 10.8. The van der Waals surface area contributed by atoms with Crippen LogP contribution in [-0.4, -0.2) is 14.7 Å². The van der Waals surface area contributed by atoms with Gasteiger partial charge in [-0.1, -0.05) is 49.5 Å². The number of fused-ring (bicyclic) bond motifs is 1. The summed E-state index contributed by atoms with van der Waals surface area (Å²) in [4.78, 5) is 2.99. The quantitative estimate of drug-likeness (QED) is 0.466. The number of hydrogen-bond acceptors (Lipinski definition) is 2. The number of allylic oxidation sites excluding steroid dienone is 2. The van der Waals surface area contributed by atoms with Crippen LogP contribution in [0.2, 0.25) is 13.1 Å². The predicted octanol–water partition coefficient (Wildman–Crippen LogP) is 5.98. The van der Waals surface area contributed by atoms with Crippen molar-refractivity contribution >= 4 is 30.2 Å². The Morgan fingerprint density at radius 3 is 2.60 bits per heavy atom. The molecule has 3 heteroatoms. The van der Waals surface area contributed by atoms with Crippen molar-refractivity contribution < 1.29 is 4.74 Å². The van der Waals surface area contributed by atoms with E-state index in [0.29, 0.717) is 12.1 Å². The van der Waals surface area contributed by atoms with E-state index in [1.54, 1.807) is 10.5 Å². The molecule has 0 saturated carbocycles. The Hall–Kier alpha value is -1.58. The SMILES string of the molecule is C=CCOc1c(C)cccc1[Si](C)(C)C1C(C)=C(C)c2cc(C)sc21. The highest BCUT2D eigenvalue weighted by molar-refractivity contribution is 7.13. The molecule has 1 unspecified atom stereocenters. The molecule has 0 N–H and O–H groups in total. The van der Waals surface area contributed by atoms with Crippen LogP contribution in [0.15, 0.2) is 42.5 Å². The van der Waals surface area contributed by atoms with Gasteiger partial charge in [0.25, 0.3) is 0 Å². The van der Waals surface area contributed by atoms with Gasteiger partial charge in [0.2, 0.25) is 0 Å². The molecule has 1 nitrogen and oxygen atoms in total. The fourth-order valence-corrected chi connectivity index (χ4v) is 10.2. The zero-order valence-electron chi connectivity index (χ0n) is 16.2. The standard InChI is InChI=1S/C22H28OSSi/c1-8-12-23-20-14(2)10-9-11-19(20)25(6,7)22-17(5)16(4)18-13-15(3)24-21(18)22/h8-11,13,22H,1,12H2,2-7H3. The minimum Gasteiger partial charge on any atom is -0.489 e. The summed E-state index contributed by atoms with van der Waals surface area (Å²) in [6.07, 6.45) is 1.83. The second-order valence-corrected chi connectivity index (χ2v) is 13.5. The first-order valence-corrected chi connectivity index (χ1v) is 12.8. The van der Waals surface area contributed by atoms with Crippen molar-refractivity contribution in [3.8, 4) is 5.75 Å². The van der Waals surface area contributed by atoms with Gasteiger partial charge in [-0.3, -0.25) is 0 Å². The van der Waals surface area contributed by atoms with Crippen LogP contribution in [0.1, 0.15) is 40.3 Å². The van der Waals surface area contributed by atoms with Crippen LogP contribution in [0, 0.1) is 13.8 Å². The van der Waals surface area contributed by atoms with Gasteiger partial charge in [0.1, 0.15) is 12.4 Å². The molecule has 3 rings (SSSR count). The monoisotopic (exact) mass is 368 g/mol. The average molecular weight is 369 g/mol. The Labute approximate surface area is 157 Å². The number of hydrogen-bond donors (Lipinski definition) is 0. The number of benzene rings is 1. The first kappa shape index (κ1) is 18.2. The topological polar surface area (TPSA) is 9.23 Å². The van der Waals surface area contributed by atoms with Crippen LogP contribution in [0.25, 0.3) is 5.57 Å². The summed E-state index contributed by atoms with van der Waals surface area (Å²) >= 11 is 1.98. The minimum absolute atomic E-state index is 0.536.